The highest BCUT2D eigenvalue weighted by molar-refractivity contribution is 5.87. The predicted molar refractivity (Wildman–Crippen MR) is 64.4 cm³/mol. The maximum atomic E-state index is 11.5. The number of hydrogen-bond acceptors (Lipinski definition) is 4. The number of carbonyl (C=O) groups is 1. The van der Waals surface area contributed by atoms with Gasteiger partial charge in [-0.1, -0.05) is 12.7 Å². The molecule has 0 spiro atoms. The Kier molecular flexibility index (Phi) is 5.94. The van der Waals surface area contributed by atoms with Gasteiger partial charge < -0.3 is 14.2 Å². The SMILES string of the molecule is C=CC(C)OCOC(=O)C(=C)CC1CCCO1. The molecule has 1 aliphatic heterocycles. The number of ether oxygens (including phenoxy) is 3. The second-order valence-electron chi connectivity index (χ2n) is 4.10. The van der Waals surface area contributed by atoms with Gasteiger partial charge in [-0.05, 0) is 19.8 Å². The highest BCUT2D eigenvalue weighted by Crippen LogP contribution is 2.19. The van der Waals surface area contributed by atoms with E-state index in [4.69, 9.17) is 14.2 Å². The summed E-state index contributed by atoms with van der Waals surface area (Å²) in [6, 6.07) is 0. The molecule has 0 aromatic carbocycles. The van der Waals surface area contributed by atoms with Crippen molar-refractivity contribution in [3.63, 3.8) is 0 Å². The largest absolute Gasteiger partial charge is 0.435 e. The maximum Gasteiger partial charge on any atom is 0.335 e. The fourth-order valence-corrected chi connectivity index (χ4v) is 1.53. The van der Waals surface area contributed by atoms with Crippen molar-refractivity contribution >= 4 is 5.97 Å². The molecule has 0 aliphatic carbocycles. The Balaban J connectivity index is 2.17. The molecule has 0 aromatic heterocycles. The Morgan fingerprint density at radius 3 is 3.00 bits per heavy atom. The van der Waals surface area contributed by atoms with Crippen molar-refractivity contribution < 1.29 is 19.0 Å². The van der Waals surface area contributed by atoms with E-state index in [0.717, 1.165) is 19.4 Å². The van der Waals surface area contributed by atoms with E-state index in [1.165, 1.54) is 0 Å². The lowest BCUT2D eigenvalue weighted by molar-refractivity contribution is -0.153. The van der Waals surface area contributed by atoms with Crippen LogP contribution in [0.3, 0.4) is 0 Å². The molecule has 96 valence electrons. The van der Waals surface area contributed by atoms with Crippen LogP contribution < -0.4 is 0 Å². The van der Waals surface area contributed by atoms with Gasteiger partial charge in [-0.3, -0.25) is 0 Å². The first kappa shape index (κ1) is 13.9. The number of esters is 1. The second kappa shape index (κ2) is 7.25. The van der Waals surface area contributed by atoms with Crippen LogP contribution in [0.25, 0.3) is 0 Å². The smallest absolute Gasteiger partial charge is 0.335 e. The standard InChI is InChI=1S/C13H20O4/c1-4-11(3)16-9-17-13(14)10(2)8-12-6-5-7-15-12/h4,11-12H,1-2,5-9H2,3H3. The molecule has 1 heterocycles. The van der Waals surface area contributed by atoms with Gasteiger partial charge in [-0.25, -0.2) is 4.79 Å². The van der Waals surface area contributed by atoms with E-state index in [-0.39, 0.29) is 19.0 Å². The second-order valence-corrected chi connectivity index (χ2v) is 4.10. The van der Waals surface area contributed by atoms with Crippen LogP contribution in [0.5, 0.6) is 0 Å². The third-order valence-electron chi connectivity index (χ3n) is 2.64. The van der Waals surface area contributed by atoms with E-state index in [1.54, 1.807) is 6.08 Å². The lowest BCUT2D eigenvalue weighted by Gasteiger charge is -2.12. The molecular weight excluding hydrogens is 220 g/mol. The first-order valence-electron chi connectivity index (χ1n) is 5.84. The van der Waals surface area contributed by atoms with E-state index < -0.39 is 5.97 Å². The normalized spacial score (nSPS) is 20.9. The number of carbonyl (C=O) groups excluding carboxylic acids is 1. The maximum absolute atomic E-state index is 11.5. The summed E-state index contributed by atoms with van der Waals surface area (Å²) >= 11 is 0. The molecule has 0 radical (unpaired) electrons. The molecule has 0 aromatic rings. The first-order valence-corrected chi connectivity index (χ1v) is 5.84. The third kappa shape index (κ3) is 5.15. The molecule has 0 bridgehead atoms. The topological polar surface area (TPSA) is 44.8 Å². The van der Waals surface area contributed by atoms with Gasteiger partial charge >= 0.3 is 5.97 Å². The Morgan fingerprint density at radius 2 is 2.41 bits per heavy atom. The van der Waals surface area contributed by atoms with Gasteiger partial charge in [0.2, 0.25) is 0 Å². The van der Waals surface area contributed by atoms with Crippen LogP contribution in [0, 0.1) is 0 Å². The summed E-state index contributed by atoms with van der Waals surface area (Å²) in [7, 11) is 0. The number of hydrogen-bond donors (Lipinski definition) is 0. The Labute approximate surface area is 102 Å². The summed E-state index contributed by atoms with van der Waals surface area (Å²) in [5.41, 5.74) is 0.437. The van der Waals surface area contributed by atoms with E-state index >= 15 is 0 Å². The average Bonchev–Trinajstić information content (AvgIpc) is 2.81. The van der Waals surface area contributed by atoms with Crippen LogP contribution >= 0.6 is 0 Å². The van der Waals surface area contributed by atoms with Crippen LogP contribution in [0.2, 0.25) is 0 Å². The third-order valence-corrected chi connectivity index (χ3v) is 2.64. The summed E-state index contributed by atoms with van der Waals surface area (Å²) < 4.78 is 15.5. The van der Waals surface area contributed by atoms with Crippen molar-refractivity contribution in [2.45, 2.75) is 38.4 Å². The zero-order valence-electron chi connectivity index (χ0n) is 10.3. The van der Waals surface area contributed by atoms with E-state index in [9.17, 15) is 4.79 Å². The first-order chi connectivity index (χ1) is 8.13. The zero-order chi connectivity index (χ0) is 12.7. The minimum absolute atomic E-state index is 0.0729. The summed E-state index contributed by atoms with van der Waals surface area (Å²) in [5.74, 6) is -0.420. The van der Waals surface area contributed by atoms with Gasteiger partial charge in [-0.15, -0.1) is 6.58 Å². The molecule has 2 unspecified atom stereocenters. The van der Waals surface area contributed by atoms with Gasteiger partial charge in [0, 0.05) is 18.6 Å². The van der Waals surface area contributed by atoms with Crippen LogP contribution in [0.4, 0.5) is 0 Å². The van der Waals surface area contributed by atoms with Crippen molar-refractivity contribution in [3.05, 3.63) is 24.8 Å². The summed E-state index contributed by atoms with van der Waals surface area (Å²) in [6.07, 6.45) is 4.19. The molecular formula is C13H20O4. The molecule has 4 nitrogen and oxygen atoms in total. The van der Waals surface area contributed by atoms with Gasteiger partial charge in [-0.2, -0.15) is 0 Å². The Hall–Kier alpha value is -1.13. The molecule has 0 N–H and O–H groups in total. The van der Waals surface area contributed by atoms with E-state index in [0.29, 0.717) is 12.0 Å². The predicted octanol–water partition coefficient (Wildman–Crippen LogP) is 2.20. The summed E-state index contributed by atoms with van der Waals surface area (Å²) in [4.78, 5) is 11.5. The molecule has 1 rings (SSSR count). The molecule has 2 atom stereocenters. The summed E-state index contributed by atoms with van der Waals surface area (Å²) in [6.45, 7) is 9.79. The molecule has 0 saturated carbocycles. The molecule has 1 aliphatic rings. The molecule has 4 heteroatoms. The monoisotopic (exact) mass is 240 g/mol. The summed E-state index contributed by atoms with van der Waals surface area (Å²) in [5, 5.41) is 0. The Morgan fingerprint density at radius 1 is 1.65 bits per heavy atom. The van der Waals surface area contributed by atoms with Crippen molar-refractivity contribution in [1.82, 2.24) is 0 Å². The van der Waals surface area contributed by atoms with Gasteiger partial charge in [0.25, 0.3) is 0 Å². The molecule has 1 fully saturated rings. The van der Waals surface area contributed by atoms with Crippen molar-refractivity contribution in [2.24, 2.45) is 0 Å². The fraction of sp³-hybridized carbons (Fsp3) is 0.615. The van der Waals surface area contributed by atoms with Crippen LogP contribution in [-0.4, -0.2) is 31.6 Å². The van der Waals surface area contributed by atoms with E-state index in [2.05, 4.69) is 13.2 Å². The molecule has 0 amide bonds. The van der Waals surface area contributed by atoms with Gasteiger partial charge in [0.05, 0.1) is 12.2 Å². The van der Waals surface area contributed by atoms with Crippen LogP contribution in [0.15, 0.2) is 24.8 Å². The average molecular weight is 240 g/mol. The lowest BCUT2D eigenvalue weighted by Crippen LogP contribution is -2.16. The number of rotatable bonds is 7. The quantitative estimate of drug-likeness (QED) is 0.296. The highest BCUT2D eigenvalue weighted by Gasteiger charge is 2.20. The van der Waals surface area contributed by atoms with Gasteiger partial charge in [0.15, 0.2) is 6.79 Å². The highest BCUT2D eigenvalue weighted by atomic mass is 16.7. The minimum atomic E-state index is -0.420. The molecule has 1 saturated heterocycles. The Bertz CT molecular complexity index is 279. The van der Waals surface area contributed by atoms with Gasteiger partial charge in [0.1, 0.15) is 0 Å². The van der Waals surface area contributed by atoms with Crippen molar-refractivity contribution in [2.75, 3.05) is 13.4 Å². The van der Waals surface area contributed by atoms with Crippen LogP contribution in [0.1, 0.15) is 26.2 Å². The van der Waals surface area contributed by atoms with Crippen molar-refractivity contribution in [3.8, 4) is 0 Å². The van der Waals surface area contributed by atoms with E-state index in [1.807, 2.05) is 6.92 Å². The zero-order valence-corrected chi connectivity index (χ0v) is 10.3. The lowest BCUT2D eigenvalue weighted by atomic mass is 10.1. The van der Waals surface area contributed by atoms with Crippen LogP contribution in [-0.2, 0) is 19.0 Å². The minimum Gasteiger partial charge on any atom is -0.435 e. The fourth-order valence-electron chi connectivity index (χ4n) is 1.53. The van der Waals surface area contributed by atoms with Crippen molar-refractivity contribution in [1.29, 1.82) is 0 Å². The molecule has 17 heavy (non-hydrogen) atoms.